The van der Waals surface area contributed by atoms with Crippen LogP contribution in [0.1, 0.15) is 46.6 Å². The molecule has 0 N–H and O–H groups in total. The van der Waals surface area contributed by atoms with Gasteiger partial charge in [0.05, 0.1) is 30.7 Å². The summed E-state index contributed by atoms with van der Waals surface area (Å²) in [6.45, 7) is 4.47. The van der Waals surface area contributed by atoms with Crippen LogP contribution in [-0.4, -0.2) is 29.8 Å². The Bertz CT molecular complexity index is 1410. The van der Waals surface area contributed by atoms with Gasteiger partial charge in [-0.3, -0.25) is 14.5 Å². The lowest BCUT2D eigenvalue weighted by Crippen LogP contribution is -2.29. The molecule has 0 spiro atoms. The molecular weight excluding hydrogens is 442 g/mol. The molecule has 1 aliphatic rings. The standard InChI is InChI=1S/C24H21N3O5S/c1-4-9-31-17-8-6-14(11-18(17)30-3)20-19-21(28)15-10-13(2)5-7-16(15)32-22(19)23(29)27(20)24-26-25-12-33-24/h5-8,10-12,20H,4,9H2,1-3H3/t20-/m0/s1. The zero-order chi connectivity index (χ0) is 23.1. The third-order valence-corrected chi connectivity index (χ3v) is 6.23. The first-order valence-corrected chi connectivity index (χ1v) is 11.4. The van der Waals surface area contributed by atoms with Crippen LogP contribution in [0, 0.1) is 6.92 Å². The Labute approximate surface area is 193 Å². The highest BCUT2D eigenvalue weighted by molar-refractivity contribution is 7.13. The molecule has 0 aliphatic carbocycles. The SMILES string of the molecule is CCCOc1ccc([C@H]2c3c(oc4ccc(C)cc4c3=O)C(=O)N2c2nncs2)cc1OC. The molecule has 168 valence electrons. The minimum Gasteiger partial charge on any atom is -0.493 e. The van der Waals surface area contributed by atoms with E-state index in [9.17, 15) is 9.59 Å². The summed E-state index contributed by atoms with van der Waals surface area (Å²) < 4.78 is 17.3. The van der Waals surface area contributed by atoms with Crippen LogP contribution in [0.4, 0.5) is 5.13 Å². The van der Waals surface area contributed by atoms with Crippen molar-refractivity contribution >= 4 is 33.3 Å². The molecule has 1 atom stereocenters. The largest absolute Gasteiger partial charge is 0.493 e. The van der Waals surface area contributed by atoms with Gasteiger partial charge in [-0.2, -0.15) is 0 Å². The van der Waals surface area contributed by atoms with Gasteiger partial charge in [0.2, 0.25) is 10.9 Å². The first-order chi connectivity index (χ1) is 16.0. The summed E-state index contributed by atoms with van der Waals surface area (Å²) in [5.41, 5.74) is 3.55. The summed E-state index contributed by atoms with van der Waals surface area (Å²) in [6, 6.07) is 9.99. The predicted molar refractivity (Wildman–Crippen MR) is 125 cm³/mol. The third-order valence-electron chi connectivity index (χ3n) is 5.55. The number of hydrogen-bond acceptors (Lipinski definition) is 8. The average Bonchev–Trinajstić information content (AvgIpc) is 3.45. The van der Waals surface area contributed by atoms with Crippen LogP contribution in [0.2, 0.25) is 0 Å². The van der Waals surface area contributed by atoms with Crippen molar-refractivity contribution in [2.45, 2.75) is 26.3 Å². The van der Waals surface area contributed by atoms with Gasteiger partial charge < -0.3 is 13.9 Å². The Hall–Kier alpha value is -3.72. The van der Waals surface area contributed by atoms with Gasteiger partial charge in [-0.1, -0.05) is 36.0 Å². The van der Waals surface area contributed by atoms with Crippen molar-refractivity contribution in [2.24, 2.45) is 0 Å². The van der Waals surface area contributed by atoms with E-state index in [0.717, 1.165) is 12.0 Å². The zero-order valence-corrected chi connectivity index (χ0v) is 19.1. The number of aromatic nitrogens is 2. The van der Waals surface area contributed by atoms with Crippen LogP contribution in [0.3, 0.4) is 0 Å². The van der Waals surface area contributed by atoms with Gasteiger partial charge in [-0.15, -0.1) is 10.2 Å². The highest BCUT2D eigenvalue weighted by Crippen LogP contribution is 2.43. The normalized spacial score (nSPS) is 15.2. The molecule has 2 aromatic carbocycles. The van der Waals surface area contributed by atoms with Crippen LogP contribution >= 0.6 is 11.3 Å². The molecule has 2 aromatic heterocycles. The molecule has 9 heteroatoms. The fourth-order valence-corrected chi connectivity index (χ4v) is 4.64. The zero-order valence-electron chi connectivity index (χ0n) is 18.3. The number of carbonyl (C=O) groups is 1. The van der Waals surface area contributed by atoms with Crippen LogP contribution in [0.5, 0.6) is 11.5 Å². The first kappa shape index (κ1) is 21.1. The van der Waals surface area contributed by atoms with Gasteiger partial charge in [-0.05, 0) is 43.2 Å². The van der Waals surface area contributed by atoms with Gasteiger partial charge in [0.25, 0.3) is 5.91 Å². The number of benzene rings is 2. The van der Waals surface area contributed by atoms with E-state index in [0.29, 0.717) is 39.8 Å². The molecular formula is C24H21N3O5S. The topological polar surface area (TPSA) is 94.8 Å². The second kappa shape index (κ2) is 8.32. The Balaban J connectivity index is 1.74. The molecule has 5 rings (SSSR count). The van der Waals surface area contributed by atoms with Crippen molar-refractivity contribution in [1.29, 1.82) is 0 Å². The molecule has 1 amide bonds. The number of amides is 1. The summed E-state index contributed by atoms with van der Waals surface area (Å²) in [6.07, 6.45) is 0.855. The number of rotatable bonds is 6. The van der Waals surface area contributed by atoms with Crippen LogP contribution in [0.25, 0.3) is 11.0 Å². The smallest absolute Gasteiger partial charge is 0.297 e. The number of hydrogen-bond donors (Lipinski definition) is 0. The highest BCUT2D eigenvalue weighted by atomic mass is 32.1. The van der Waals surface area contributed by atoms with E-state index in [2.05, 4.69) is 10.2 Å². The van der Waals surface area contributed by atoms with Crippen molar-refractivity contribution < 1.29 is 18.7 Å². The maximum Gasteiger partial charge on any atom is 0.297 e. The van der Waals surface area contributed by atoms with Gasteiger partial charge in [0, 0.05) is 0 Å². The second-order valence-corrected chi connectivity index (χ2v) is 8.54. The van der Waals surface area contributed by atoms with Crippen LogP contribution in [-0.2, 0) is 0 Å². The fraction of sp³-hybridized carbons (Fsp3) is 0.250. The lowest BCUT2D eigenvalue weighted by atomic mass is 9.98. The quantitative estimate of drug-likeness (QED) is 0.415. The first-order valence-electron chi connectivity index (χ1n) is 10.5. The molecule has 0 fully saturated rings. The minimum absolute atomic E-state index is 0.0156. The molecule has 1 aliphatic heterocycles. The molecule has 0 radical (unpaired) electrons. The predicted octanol–water partition coefficient (Wildman–Crippen LogP) is 4.50. The number of aryl methyl sites for hydroxylation is 1. The number of carbonyl (C=O) groups excluding carboxylic acids is 1. The lowest BCUT2D eigenvalue weighted by molar-refractivity contribution is 0.0970. The molecule has 33 heavy (non-hydrogen) atoms. The Morgan fingerprint density at radius 1 is 1.15 bits per heavy atom. The summed E-state index contributed by atoms with van der Waals surface area (Å²) in [5.74, 6) is 0.690. The van der Waals surface area contributed by atoms with Crippen molar-refractivity contribution in [3.05, 3.63) is 74.6 Å². The van der Waals surface area contributed by atoms with Crippen molar-refractivity contribution in [2.75, 3.05) is 18.6 Å². The van der Waals surface area contributed by atoms with E-state index in [1.165, 1.54) is 16.2 Å². The number of nitrogens with zero attached hydrogens (tertiary/aromatic N) is 3. The molecule has 8 nitrogen and oxygen atoms in total. The van der Waals surface area contributed by atoms with Crippen molar-refractivity contribution in [1.82, 2.24) is 10.2 Å². The van der Waals surface area contributed by atoms with Gasteiger partial charge in [0.1, 0.15) is 11.1 Å². The molecule has 4 aromatic rings. The fourth-order valence-electron chi connectivity index (χ4n) is 4.06. The summed E-state index contributed by atoms with van der Waals surface area (Å²) >= 11 is 1.21. The number of methoxy groups -OCH3 is 1. The van der Waals surface area contributed by atoms with E-state index in [-0.39, 0.29) is 16.8 Å². The molecule has 0 bridgehead atoms. The minimum atomic E-state index is -0.740. The monoisotopic (exact) mass is 463 g/mol. The van der Waals surface area contributed by atoms with Crippen molar-refractivity contribution in [3.8, 4) is 11.5 Å². The van der Waals surface area contributed by atoms with E-state index in [1.54, 1.807) is 36.9 Å². The summed E-state index contributed by atoms with van der Waals surface area (Å²) in [7, 11) is 1.55. The lowest BCUT2D eigenvalue weighted by Gasteiger charge is -2.23. The van der Waals surface area contributed by atoms with Crippen molar-refractivity contribution in [3.63, 3.8) is 0 Å². The second-order valence-electron chi connectivity index (χ2n) is 7.73. The van der Waals surface area contributed by atoms with E-state index < -0.39 is 11.9 Å². The Morgan fingerprint density at radius 3 is 2.73 bits per heavy atom. The summed E-state index contributed by atoms with van der Waals surface area (Å²) in [5, 5.41) is 8.79. The van der Waals surface area contributed by atoms with E-state index >= 15 is 0 Å². The van der Waals surface area contributed by atoms with Crippen LogP contribution in [0.15, 0.2) is 51.1 Å². The maximum atomic E-state index is 13.7. The third kappa shape index (κ3) is 3.45. The van der Waals surface area contributed by atoms with Gasteiger partial charge in [-0.25, -0.2) is 0 Å². The number of anilines is 1. The summed E-state index contributed by atoms with van der Waals surface area (Å²) in [4.78, 5) is 28.6. The van der Waals surface area contributed by atoms with E-state index in [4.69, 9.17) is 13.9 Å². The molecule has 0 saturated heterocycles. The maximum absolute atomic E-state index is 13.7. The molecule has 0 saturated carbocycles. The number of fused-ring (bicyclic) bond motifs is 2. The Kier molecular flexibility index (Phi) is 5.33. The number of ether oxygens (including phenoxy) is 2. The Morgan fingerprint density at radius 2 is 2.00 bits per heavy atom. The van der Waals surface area contributed by atoms with Gasteiger partial charge >= 0.3 is 0 Å². The molecule has 0 unspecified atom stereocenters. The van der Waals surface area contributed by atoms with Crippen LogP contribution < -0.4 is 19.8 Å². The highest BCUT2D eigenvalue weighted by Gasteiger charge is 2.45. The van der Waals surface area contributed by atoms with Gasteiger partial charge in [0.15, 0.2) is 16.9 Å². The molecule has 3 heterocycles. The van der Waals surface area contributed by atoms with E-state index in [1.807, 2.05) is 26.0 Å². The average molecular weight is 464 g/mol.